The van der Waals surface area contributed by atoms with Gasteiger partial charge >= 0.3 is 12.0 Å². The number of carbonyl (C=O) groups excluding carboxylic acids is 2. The van der Waals surface area contributed by atoms with E-state index in [1.54, 1.807) is 24.3 Å². The number of methoxy groups -OCH3 is 1. The molecule has 7 heteroatoms. The van der Waals surface area contributed by atoms with Crippen LogP contribution >= 0.6 is 0 Å². The predicted molar refractivity (Wildman–Crippen MR) is 118 cm³/mol. The topological polar surface area (TPSA) is 86.5 Å². The van der Waals surface area contributed by atoms with E-state index in [4.69, 9.17) is 4.74 Å². The first-order valence-corrected chi connectivity index (χ1v) is 10.1. The summed E-state index contributed by atoms with van der Waals surface area (Å²) in [5, 5.41) is 6.73. The molecule has 3 aromatic rings. The fourth-order valence-corrected chi connectivity index (χ4v) is 3.92. The Morgan fingerprint density at radius 2 is 1.93 bits per heavy atom. The summed E-state index contributed by atoms with van der Waals surface area (Å²) in [5.41, 5.74) is 5.04. The standard InChI is InChI=1S/C23H26N4O3/c1-14(2)27-11-10-21-18(13-27)17-12-15(8-9-20(17)25-21)24-23(29)26-19-7-5-4-6-16(19)22(28)30-3/h4-9,12,14,25H,10-11,13H2,1-3H3,(H2,24,26,29). The molecule has 1 aliphatic rings. The Morgan fingerprint density at radius 1 is 1.13 bits per heavy atom. The first-order chi connectivity index (χ1) is 14.5. The molecule has 2 amide bonds. The predicted octanol–water partition coefficient (Wildman–Crippen LogP) is 4.37. The van der Waals surface area contributed by atoms with Gasteiger partial charge in [0.05, 0.1) is 18.4 Å². The number of esters is 1. The molecule has 0 bridgehead atoms. The van der Waals surface area contributed by atoms with E-state index in [9.17, 15) is 9.59 Å². The molecule has 0 saturated heterocycles. The monoisotopic (exact) mass is 406 g/mol. The second-order valence-corrected chi connectivity index (χ2v) is 7.77. The molecule has 30 heavy (non-hydrogen) atoms. The van der Waals surface area contributed by atoms with Crippen LogP contribution in [0.2, 0.25) is 0 Å². The van der Waals surface area contributed by atoms with Gasteiger partial charge in [-0.3, -0.25) is 4.90 Å². The maximum absolute atomic E-state index is 12.6. The minimum Gasteiger partial charge on any atom is -0.465 e. The Labute approximate surface area is 175 Å². The molecule has 0 radical (unpaired) electrons. The molecule has 0 spiro atoms. The van der Waals surface area contributed by atoms with E-state index >= 15 is 0 Å². The van der Waals surface area contributed by atoms with Crippen LogP contribution in [0.15, 0.2) is 42.5 Å². The highest BCUT2D eigenvalue weighted by Gasteiger charge is 2.22. The van der Waals surface area contributed by atoms with Crippen LogP contribution in [-0.2, 0) is 17.7 Å². The van der Waals surface area contributed by atoms with Crippen molar-refractivity contribution in [2.24, 2.45) is 0 Å². The number of benzene rings is 2. The lowest BCUT2D eigenvalue weighted by atomic mass is 10.0. The molecule has 0 atom stereocenters. The van der Waals surface area contributed by atoms with Crippen molar-refractivity contribution in [2.45, 2.75) is 32.9 Å². The number of nitrogens with zero attached hydrogens (tertiary/aromatic N) is 1. The maximum Gasteiger partial charge on any atom is 0.339 e. The van der Waals surface area contributed by atoms with Gasteiger partial charge in [-0.05, 0) is 49.7 Å². The van der Waals surface area contributed by atoms with Gasteiger partial charge in [-0.25, -0.2) is 9.59 Å². The van der Waals surface area contributed by atoms with E-state index in [0.717, 1.165) is 30.4 Å². The summed E-state index contributed by atoms with van der Waals surface area (Å²) in [7, 11) is 1.31. The number of amides is 2. The van der Waals surface area contributed by atoms with Crippen LogP contribution in [0.1, 0.15) is 35.5 Å². The number of fused-ring (bicyclic) bond motifs is 3. The van der Waals surface area contributed by atoms with E-state index < -0.39 is 12.0 Å². The van der Waals surface area contributed by atoms with E-state index in [1.807, 2.05) is 18.2 Å². The normalized spacial score (nSPS) is 13.9. The molecule has 4 rings (SSSR count). The SMILES string of the molecule is COC(=O)c1ccccc1NC(=O)Nc1ccc2[nH]c3c(c2c1)CN(C(C)C)CC3. The highest BCUT2D eigenvalue weighted by molar-refractivity contribution is 6.05. The summed E-state index contributed by atoms with van der Waals surface area (Å²) in [4.78, 5) is 30.4. The van der Waals surface area contributed by atoms with Gasteiger partial charge in [0.25, 0.3) is 0 Å². The van der Waals surface area contributed by atoms with Gasteiger partial charge in [0.1, 0.15) is 0 Å². The van der Waals surface area contributed by atoms with Crippen LogP contribution in [0.3, 0.4) is 0 Å². The maximum atomic E-state index is 12.6. The number of H-pyrrole nitrogens is 1. The number of urea groups is 1. The summed E-state index contributed by atoms with van der Waals surface area (Å²) in [6.45, 7) is 6.37. The van der Waals surface area contributed by atoms with Gasteiger partial charge in [0, 0.05) is 47.8 Å². The van der Waals surface area contributed by atoms with Gasteiger partial charge in [0.15, 0.2) is 0 Å². The van der Waals surface area contributed by atoms with E-state index in [2.05, 4.69) is 34.4 Å². The number of aromatic nitrogens is 1. The molecule has 0 fully saturated rings. The van der Waals surface area contributed by atoms with Gasteiger partial charge in [-0.2, -0.15) is 0 Å². The van der Waals surface area contributed by atoms with Crippen LogP contribution in [0.25, 0.3) is 10.9 Å². The zero-order valence-corrected chi connectivity index (χ0v) is 17.4. The minimum absolute atomic E-state index is 0.305. The number of carbonyl (C=O) groups is 2. The Balaban J connectivity index is 1.54. The van der Waals surface area contributed by atoms with Crippen molar-refractivity contribution in [1.29, 1.82) is 0 Å². The van der Waals surface area contributed by atoms with E-state index in [-0.39, 0.29) is 0 Å². The Hall–Kier alpha value is -3.32. The zero-order valence-electron chi connectivity index (χ0n) is 17.4. The number of ether oxygens (including phenoxy) is 1. The number of nitrogens with one attached hydrogen (secondary N) is 3. The number of hydrogen-bond acceptors (Lipinski definition) is 4. The average molecular weight is 406 g/mol. The third-order valence-electron chi connectivity index (χ3n) is 5.57. The largest absolute Gasteiger partial charge is 0.465 e. The molecule has 2 heterocycles. The average Bonchev–Trinajstić information content (AvgIpc) is 3.10. The van der Waals surface area contributed by atoms with Crippen LogP contribution < -0.4 is 10.6 Å². The lowest BCUT2D eigenvalue weighted by Gasteiger charge is -2.30. The van der Waals surface area contributed by atoms with Crippen LogP contribution in [-0.4, -0.2) is 41.6 Å². The molecule has 2 aromatic carbocycles. The van der Waals surface area contributed by atoms with Crippen molar-refractivity contribution < 1.29 is 14.3 Å². The lowest BCUT2D eigenvalue weighted by molar-refractivity contribution is 0.0602. The molecule has 1 aromatic heterocycles. The molecule has 3 N–H and O–H groups in total. The van der Waals surface area contributed by atoms with Crippen molar-refractivity contribution in [3.05, 3.63) is 59.3 Å². The Kier molecular flexibility index (Phi) is 5.46. The quantitative estimate of drug-likeness (QED) is 0.562. The van der Waals surface area contributed by atoms with Crippen molar-refractivity contribution in [2.75, 3.05) is 24.3 Å². The molecule has 1 aliphatic heterocycles. The first kappa shape index (κ1) is 20.0. The Bertz CT molecular complexity index is 1100. The second-order valence-electron chi connectivity index (χ2n) is 7.77. The molecular weight excluding hydrogens is 380 g/mol. The molecule has 7 nitrogen and oxygen atoms in total. The fraction of sp³-hybridized carbons (Fsp3) is 0.304. The van der Waals surface area contributed by atoms with Crippen molar-refractivity contribution >= 4 is 34.3 Å². The molecule has 0 aliphatic carbocycles. The van der Waals surface area contributed by atoms with Crippen LogP contribution in [0, 0.1) is 0 Å². The van der Waals surface area contributed by atoms with Crippen LogP contribution in [0.5, 0.6) is 0 Å². The fourth-order valence-electron chi connectivity index (χ4n) is 3.92. The second kappa shape index (κ2) is 8.20. The summed E-state index contributed by atoms with van der Waals surface area (Å²) in [6.07, 6.45) is 0.996. The van der Waals surface area contributed by atoms with Gasteiger partial charge < -0.3 is 20.4 Å². The van der Waals surface area contributed by atoms with Crippen molar-refractivity contribution in [1.82, 2.24) is 9.88 Å². The smallest absolute Gasteiger partial charge is 0.339 e. The van der Waals surface area contributed by atoms with Gasteiger partial charge in [-0.15, -0.1) is 0 Å². The number of hydrogen-bond donors (Lipinski definition) is 3. The van der Waals surface area contributed by atoms with Crippen LogP contribution in [0.4, 0.5) is 16.2 Å². The first-order valence-electron chi connectivity index (χ1n) is 10.1. The molecule has 0 unspecified atom stereocenters. The molecular formula is C23H26N4O3. The third-order valence-corrected chi connectivity index (χ3v) is 5.57. The summed E-state index contributed by atoms with van der Waals surface area (Å²) < 4.78 is 4.78. The summed E-state index contributed by atoms with van der Waals surface area (Å²) >= 11 is 0. The Morgan fingerprint density at radius 3 is 2.70 bits per heavy atom. The molecule has 0 saturated carbocycles. The molecule has 156 valence electrons. The number of anilines is 2. The summed E-state index contributed by atoms with van der Waals surface area (Å²) in [5.74, 6) is -0.499. The van der Waals surface area contributed by atoms with Gasteiger partial charge in [-0.1, -0.05) is 12.1 Å². The number of para-hydroxylation sites is 1. The minimum atomic E-state index is -0.499. The van der Waals surface area contributed by atoms with E-state index in [1.165, 1.54) is 18.4 Å². The highest BCUT2D eigenvalue weighted by atomic mass is 16.5. The number of rotatable bonds is 4. The van der Waals surface area contributed by atoms with E-state index in [0.29, 0.717) is 23.0 Å². The van der Waals surface area contributed by atoms with Gasteiger partial charge in [0.2, 0.25) is 0 Å². The van der Waals surface area contributed by atoms with Crippen molar-refractivity contribution in [3.63, 3.8) is 0 Å². The lowest BCUT2D eigenvalue weighted by Crippen LogP contribution is -2.35. The van der Waals surface area contributed by atoms with Crippen molar-refractivity contribution in [3.8, 4) is 0 Å². The zero-order chi connectivity index (χ0) is 21.3. The highest BCUT2D eigenvalue weighted by Crippen LogP contribution is 2.30. The number of aromatic amines is 1. The third kappa shape index (κ3) is 3.89. The summed E-state index contributed by atoms with van der Waals surface area (Å²) in [6, 6.07) is 12.7.